The van der Waals surface area contributed by atoms with E-state index in [9.17, 15) is 4.79 Å². The Morgan fingerprint density at radius 2 is 1.96 bits per heavy atom. The number of benzene rings is 1. The van der Waals surface area contributed by atoms with Gasteiger partial charge in [-0.15, -0.1) is 0 Å². The molecule has 0 spiro atoms. The van der Waals surface area contributed by atoms with Crippen molar-refractivity contribution in [3.63, 3.8) is 0 Å². The highest BCUT2D eigenvalue weighted by Crippen LogP contribution is 2.35. The fourth-order valence-corrected chi connectivity index (χ4v) is 3.54. The summed E-state index contributed by atoms with van der Waals surface area (Å²) in [5.74, 6) is 0. The van der Waals surface area contributed by atoms with Crippen molar-refractivity contribution in [3.8, 4) is 0 Å². The summed E-state index contributed by atoms with van der Waals surface area (Å²) in [6.07, 6.45) is 0.681. The average Bonchev–Trinajstić information content (AvgIpc) is 2.65. The maximum Gasteiger partial charge on any atom is 0.411 e. The Balaban J connectivity index is 1.69. The van der Waals surface area contributed by atoms with E-state index < -0.39 is 5.60 Å². The van der Waals surface area contributed by atoms with Gasteiger partial charge in [-0.2, -0.15) is 0 Å². The molecular formula is C19H26N2O2. The minimum absolute atomic E-state index is 0.0762. The van der Waals surface area contributed by atoms with Crippen LogP contribution in [0, 0.1) is 0 Å². The monoisotopic (exact) mass is 314 g/mol. The van der Waals surface area contributed by atoms with Gasteiger partial charge in [-0.1, -0.05) is 42.5 Å². The molecule has 3 rings (SSSR count). The van der Waals surface area contributed by atoms with Crippen LogP contribution in [0.3, 0.4) is 0 Å². The van der Waals surface area contributed by atoms with E-state index in [-0.39, 0.29) is 18.2 Å². The fraction of sp³-hybridized carbons (Fsp3) is 0.526. The molecule has 1 unspecified atom stereocenters. The molecule has 2 aliphatic rings. The second-order valence-corrected chi connectivity index (χ2v) is 7.60. The van der Waals surface area contributed by atoms with Crippen molar-refractivity contribution in [2.75, 3.05) is 13.1 Å². The second-order valence-electron chi connectivity index (χ2n) is 7.60. The van der Waals surface area contributed by atoms with Gasteiger partial charge in [0.05, 0.1) is 12.1 Å². The van der Waals surface area contributed by atoms with E-state index in [1.807, 2.05) is 31.7 Å². The summed E-state index contributed by atoms with van der Waals surface area (Å²) in [6, 6.07) is 10.7. The zero-order valence-corrected chi connectivity index (χ0v) is 14.3. The highest BCUT2D eigenvalue weighted by molar-refractivity contribution is 5.71. The van der Waals surface area contributed by atoms with Crippen LogP contribution >= 0.6 is 0 Å². The van der Waals surface area contributed by atoms with Gasteiger partial charge < -0.3 is 4.74 Å². The summed E-state index contributed by atoms with van der Waals surface area (Å²) >= 11 is 0. The number of ether oxygens (including phenoxy) is 1. The van der Waals surface area contributed by atoms with E-state index in [2.05, 4.69) is 35.7 Å². The van der Waals surface area contributed by atoms with Gasteiger partial charge >= 0.3 is 6.09 Å². The maximum atomic E-state index is 12.5. The molecule has 0 aliphatic carbocycles. The van der Waals surface area contributed by atoms with Crippen molar-refractivity contribution in [2.24, 2.45) is 0 Å². The van der Waals surface area contributed by atoms with Gasteiger partial charge in [-0.25, -0.2) is 4.79 Å². The highest BCUT2D eigenvalue weighted by Gasteiger charge is 2.46. The summed E-state index contributed by atoms with van der Waals surface area (Å²) in [7, 11) is 0. The predicted molar refractivity (Wildman–Crippen MR) is 91.1 cm³/mol. The predicted octanol–water partition coefficient (Wildman–Crippen LogP) is 3.44. The number of nitrogens with zero attached hydrogens (tertiary/aromatic N) is 2. The van der Waals surface area contributed by atoms with E-state index >= 15 is 0 Å². The number of likely N-dealkylation sites (tertiary alicyclic amines) is 1. The van der Waals surface area contributed by atoms with Gasteiger partial charge in [-0.3, -0.25) is 9.80 Å². The minimum Gasteiger partial charge on any atom is -0.444 e. The summed E-state index contributed by atoms with van der Waals surface area (Å²) in [5.41, 5.74) is 2.00. The number of carbonyl (C=O) groups excluding carboxylic acids is 1. The number of carbonyl (C=O) groups is 1. The van der Waals surface area contributed by atoms with Crippen molar-refractivity contribution >= 4 is 6.09 Å². The van der Waals surface area contributed by atoms with Crippen LogP contribution < -0.4 is 0 Å². The average molecular weight is 314 g/mol. The quantitative estimate of drug-likeness (QED) is 0.784. The number of fused-ring (bicyclic) bond motifs is 2. The Morgan fingerprint density at radius 3 is 2.57 bits per heavy atom. The molecule has 1 amide bonds. The molecule has 4 heteroatoms. The normalized spacial score (nSPS) is 24.8. The summed E-state index contributed by atoms with van der Waals surface area (Å²) in [6.45, 7) is 12.6. The van der Waals surface area contributed by atoms with Crippen LogP contribution in [-0.4, -0.2) is 46.7 Å². The fourth-order valence-electron chi connectivity index (χ4n) is 3.54. The van der Waals surface area contributed by atoms with E-state index in [4.69, 9.17) is 4.74 Å². The van der Waals surface area contributed by atoms with E-state index in [0.717, 1.165) is 31.6 Å². The maximum absolute atomic E-state index is 12.5. The van der Waals surface area contributed by atoms with Crippen LogP contribution in [0.2, 0.25) is 0 Å². The molecule has 2 bridgehead atoms. The Hall–Kier alpha value is -1.81. The number of rotatable bonds is 2. The molecule has 23 heavy (non-hydrogen) atoms. The zero-order valence-electron chi connectivity index (χ0n) is 14.3. The smallest absolute Gasteiger partial charge is 0.411 e. The number of hydrogen-bond donors (Lipinski definition) is 0. The standard InChI is InChI=1S/C19H26N2O2/c1-14-10-16-12-20(11-15-8-6-5-7-9-15)13-17(14)21(16)18(22)23-19(2,3)4/h5-9,16-17H,1,10-13H2,2-4H3/t16-,17?/m1/s1. The molecule has 2 heterocycles. The van der Waals surface area contributed by atoms with Crippen LogP contribution in [0.25, 0.3) is 0 Å². The van der Waals surface area contributed by atoms with Gasteiger partial charge in [0.25, 0.3) is 0 Å². The number of piperazine rings is 1. The van der Waals surface area contributed by atoms with Gasteiger partial charge in [0, 0.05) is 19.6 Å². The van der Waals surface area contributed by atoms with E-state index in [1.165, 1.54) is 5.56 Å². The lowest BCUT2D eigenvalue weighted by molar-refractivity contribution is -0.00351. The molecule has 2 saturated heterocycles. The lowest BCUT2D eigenvalue weighted by Gasteiger charge is -2.41. The van der Waals surface area contributed by atoms with E-state index in [1.54, 1.807) is 0 Å². The van der Waals surface area contributed by atoms with E-state index in [0.29, 0.717) is 0 Å². The molecular weight excluding hydrogens is 288 g/mol. The first-order chi connectivity index (χ1) is 10.8. The van der Waals surface area contributed by atoms with Crippen LogP contribution in [0.15, 0.2) is 42.5 Å². The first-order valence-corrected chi connectivity index (χ1v) is 8.29. The van der Waals surface area contributed by atoms with Crippen molar-refractivity contribution in [3.05, 3.63) is 48.0 Å². The molecule has 1 aromatic rings. The molecule has 1 aromatic carbocycles. The lowest BCUT2D eigenvalue weighted by atomic mass is 10.1. The van der Waals surface area contributed by atoms with Crippen molar-refractivity contribution < 1.29 is 9.53 Å². The third kappa shape index (κ3) is 3.58. The Morgan fingerprint density at radius 1 is 1.26 bits per heavy atom. The molecule has 0 aromatic heterocycles. The molecule has 0 N–H and O–H groups in total. The third-order valence-electron chi connectivity index (χ3n) is 4.45. The molecule has 0 radical (unpaired) electrons. The molecule has 2 fully saturated rings. The second kappa shape index (κ2) is 6.00. The highest BCUT2D eigenvalue weighted by atomic mass is 16.6. The topological polar surface area (TPSA) is 32.8 Å². The minimum atomic E-state index is -0.459. The van der Waals surface area contributed by atoms with Gasteiger partial charge in [0.1, 0.15) is 5.60 Å². The molecule has 4 nitrogen and oxygen atoms in total. The number of amides is 1. The van der Waals surface area contributed by atoms with Crippen LogP contribution in [-0.2, 0) is 11.3 Å². The number of hydrogen-bond acceptors (Lipinski definition) is 3. The molecule has 2 atom stereocenters. The summed E-state index contributed by atoms with van der Waals surface area (Å²) in [5, 5.41) is 0. The zero-order chi connectivity index (χ0) is 16.6. The Labute approximate surface area is 138 Å². The lowest BCUT2D eigenvalue weighted by Crippen LogP contribution is -2.56. The van der Waals surface area contributed by atoms with Crippen LogP contribution in [0.5, 0.6) is 0 Å². The van der Waals surface area contributed by atoms with Crippen LogP contribution in [0.4, 0.5) is 4.79 Å². The first-order valence-electron chi connectivity index (χ1n) is 8.29. The first kappa shape index (κ1) is 16.1. The summed E-state index contributed by atoms with van der Waals surface area (Å²) < 4.78 is 5.59. The largest absolute Gasteiger partial charge is 0.444 e. The SMILES string of the molecule is C=C1C[C@@H]2CN(Cc3ccccc3)CC1N2C(=O)OC(C)(C)C. The Bertz CT molecular complexity index is 591. The van der Waals surface area contributed by atoms with Crippen molar-refractivity contribution in [1.82, 2.24) is 9.80 Å². The van der Waals surface area contributed by atoms with Crippen molar-refractivity contribution in [1.29, 1.82) is 0 Å². The van der Waals surface area contributed by atoms with Gasteiger partial charge in [-0.05, 0) is 32.8 Å². The van der Waals surface area contributed by atoms with Gasteiger partial charge in [0.2, 0.25) is 0 Å². The third-order valence-corrected chi connectivity index (χ3v) is 4.45. The van der Waals surface area contributed by atoms with Gasteiger partial charge in [0.15, 0.2) is 0 Å². The Kier molecular flexibility index (Phi) is 4.19. The summed E-state index contributed by atoms with van der Waals surface area (Å²) in [4.78, 5) is 16.9. The molecule has 2 aliphatic heterocycles. The van der Waals surface area contributed by atoms with Crippen molar-refractivity contribution in [2.45, 2.75) is 51.4 Å². The molecule has 0 saturated carbocycles. The van der Waals surface area contributed by atoms with Crippen LogP contribution in [0.1, 0.15) is 32.8 Å². The molecule has 124 valence electrons.